The molecule has 0 saturated heterocycles. The topological polar surface area (TPSA) is 42.0 Å². The summed E-state index contributed by atoms with van der Waals surface area (Å²) in [6.45, 7) is 3.92. The summed E-state index contributed by atoms with van der Waals surface area (Å²) in [5.41, 5.74) is 1.97. The largest absolute Gasteiger partial charge is 0.302 e. The number of amides is 1. The van der Waals surface area contributed by atoms with Gasteiger partial charge in [-0.15, -0.1) is 11.3 Å². The van der Waals surface area contributed by atoms with Gasteiger partial charge in [0.2, 0.25) is 5.91 Å². The minimum atomic E-state index is 0.0223. The first-order valence-corrected chi connectivity index (χ1v) is 6.90. The van der Waals surface area contributed by atoms with Crippen molar-refractivity contribution in [3.63, 3.8) is 0 Å². The Bertz CT molecular complexity index is 522. The molecule has 2 aromatic rings. The van der Waals surface area contributed by atoms with Crippen LogP contribution in [-0.2, 0) is 4.79 Å². The molecule has 1 N–H and O–H groups in total. The number of carbonyl (C=O) groups excluding carboxylic acids is 1. The van der Waals surface area contributed by atoms with Gasteiger partial charge in [-0.25, -0.2) is 4.98 Å². The Morgan fingerprint density at radius 1 is 1.39 bits per heavy atom. The van der Waals surface area contributed by atoms with Crippen LogP contribution in [0, 0.1) is 5.92 Å². The summed E-state index contributed by atoms with van der Waals surface area (Å²) in [6, 6.07) is 9.95. The molecular weight excluding hydrogens is 244 g/mol. The molecule has 0 bridgehead atoms. The van der Waals surface area contributed by atoms with E-state index in [1.165, 1.54) is 11.3 Å². The maximum atomic E-state index is 11.7. The van der Waals surface area contributed by atoms with Gasteiger partial charge in [0.25, 0.3) is 0 Å². The first-order chi connectivity index (χ1) is 8.70. The van der Waals surface area contributed by atoms with Crippen molar-refractivity contribution >= 4 is 22.4 Å². The summed E-state index contributed by atoms with van der Waals surface area (Å²) >= 11 is 1.46. The van der Waals surface area contributed by atoms with Gasteiger partial charge in [0, 0.05) is 16.9 Å². The Kier molecular flexibility index (Phi) is 4.10. The maximum absolute atomic E-state index is 11.7. The van der Waals surface area contributed by atoms with Gasteiger partial charge in [0.1, 0.15) is 0 Å². The molecule has 0 aliphatic heterocycles. The van der Waals surface area contributed by atoms with Gasteiger partial charge in [-0.05, 0) is 6.42 Å². The van der Waals surface area contributed by atoms with Crippen molar-refractivity contribution in [1.29, 1.82) is 0 Å². The van der Waals surface area contributed by atoms with Gasteiger partial charge >= 0.3 is 0 Å². The third-order valence-corrected chi connectivity index (χ3v) is 3.62. The highest BCUT2D eigenvalue weighted by Crippen LogP contribution is 2.24. The lowest BCUT2D eigenvalue weighted by atomic mass is 10.1. The second-order valence-corrected chi connectivity index (χ2v) is 5.06. The molecule has 2 rings (SSSR count). The fourth-order valence-corrected chi connectivity index (χ4v) is 2.21. The minimum absolute atomic E-state index is 0.0223. The lowest BCUT2D eigenvalue weighted by Crippen LogP contribution is -2.19. The lowest BCUT2D eigenvalue weighted by molar-refractivity contribution is -0.119. The molecule has 94 valence electrons. The number of benzene rings is 1. The van der Waals surface area contributed by atoms with Crippen LogP contribution < -0.4 is 5.32 Å². The molecule has 1 aromatic heterocycles. The fraction of sp³-hybridized carbons (Fsp3) is 0.286. The highest BCUT2D eigenvalue weighted by molar-refractivity contribution is 7.14. The Hall–Kier alpha value is -1.68. The van der Waals surface area contributed by atoms with E-state index >= 15 is 0 Å². The van der Waals surface area contributed by atoms with Gasteiger partial charge in [0.05, 0.1) is 5.69 Å². The standard InChI is InChI=1S/C14H16N2OS/c1-3-10(2)13(17)16-14-15-12(9-18-14)11-7-5-4-6-8-11/h4-10H,3H2,1-2H3,(H,15,16,17). The van der Waals surface area contributed by atoms with Crippen molar-refractivity contribution in [2.75, 3.05) is 5.32 Å². The fourth-order valence-electron chi connectivity index (χ4n) is 1.49. The van der Waals surface area contributed by atoms with Crippen molar-refractivity contribution in [3.05, 3.63) is 35.7 Å². The molecule has 0 aliphatic carbocycles. The van der Waals surface area contributed by atoms with E-state index in [0.717, 1.165) is 17.7 Å². The molecule has 3 nitrogen and oxygen atoms in total. The monoisotopic (exact) mass is 260 g/mol. The van der Waals surface area contributed by atoms with E-state index < -0.39 is 0 Å². The van der Waals surface area contributed by atoms with Gasteiger partial charge in [-0.3, -0.25) is 4.79 Å². The molecule has 0 radical (unpaired) electrons. The van der Waals surface area contributed by atoms with E-state index in [0.29, 0.717) is 5.13 Å². The number of hydrogen-bond donors (Lipinski definition) is 1. The minimum Gasteiger partial charge on any atom is -0.302 e. The average molecular weight is 260 g/mol. The van der Waals surface area contributed by atoms with Gasteiger partial charge in [0.15, 0.2) is 5.13 Å². The van der Waals surface area contributed by atoms with Crippen molar-refractivity contribution in [3.8, 4) is 11.3 Å². The molecule has 0 spiro atoms. The maximum Gasteiger partial charge on any atom is 0.228 e. The number of rotatable bonds is 4. The normalized spacial score (nSPS) is 12.1. The van der Waals surface area contributed by atoms with Crippen LogP contribution in [0.25, 0.3) is 11.3 Å². The van der Waals surface area contributed by atoms with Crippen LogP contribution in [0.5, 0.6) is 0 Å². The predicted octanol–water partition coefficient (Wildman–Crippen LogP) is 3.79. The summed E-state index contributed by atoms with van der Waals surface area (Å²) in [6.07, 6.45) is 0.836. The lowest BCUT2D eigenvalue weighted by Gasteiger charge is -2.06. The SMILES string of the molecule is CCC(C)C(=O)Nc1nc(-c2ccccc2)cs1. The molecular formula is C14H16N2OS. The Labute approximate surface area is 111 Å². The number of anilines is 1. The zero-order valence-corrected chi connectivity index (χ0v) is 11.3. The first kappa shape index (κ1) is 12.8. The van der Waals surface area contributed by atoms with Crippen molar-refractivity contribution in [1.82, 2.24) is 4.98 Å². The summed E-state index contributed by atoms with van der Waals surface area (Å²) in [7, 11) is 0. The summed E-state index contributed by atoms with van der Waals surface area (Å²) in [5, 5.41) is 5.48. The third-order valence-electron chi connectivity index (χ3n) is 2.86. The van der Waals surface area contributed by atoms with Crippen LogP contribution in [-0.4, -0.2) is 10.9 Å². The molecule has 0 fully saturated rings. The first-order valence-electron chi connectivity index (χ1n) is 6.02. The smallest absolute Gasteiger partial charge is 0.228 e. The number of thiazole rings is 1. The molecule has 1 aromatic carbocycles. The highest BCUT2D eigenvalue weighted by atomic mass is 32.1. The van der Waals surface area contributed by atoms with Crippen LogP contribution >= 0.6 is 11.3 Å². The summed E-state index contributed by atoms with van der Waals surface area (Å²) in [5.74, 6) is 0.0561. The van der Waals surface area contributed by atoms with Crippen molar-refractivity contribution in [2.45, 2.75) is 20.3 Å². The zero-order chi connectivity index (χ0) is 13.0. The molecule has 1 heterocycles. The zero-order valence-electron chi connectivity index (χ0n) is 10.5. The van der Waals surface area contributed by atoms with Crippen LogP contribution in [0.1, 0.15) is 20.3 Å². The number of nitrogens with zero attached hydrogens (tertiary/aromatic N) is 1. The molecule has 0 aliphatic rings. The quantitative estimate of drug-likeness (QED) is 0.908. The molecule has 1 amide bonds. The van der Waals surface area contributed by atoms with Gasteiger partial charge in [-0.1, -0.05) is 44.2 Å². The Balaban J connectivity index is 2.10. The highest BCUT2D eigenvalue weighted by Gasteiger charge is 2.12. The van der Waals surface area contributed by atoms with E-state index in [-0.39, 0.29) is 11.8 Å². The van der Waals surface area contributed by atoms with Crippen LogP contribution in [0.4, 0.5) is 5.13 Å². The van der Waals surface area contributed by atoms with E-state index in [1.807, 2.05) is 49.6 Å². The Morgan fingerprint density at radius 2 is 2.11 bits per heavy atom. The molecule has 4 heteroatoms. The predicted molar refractivity (Wildman–Crippen MR) is 75.6 cm³/mol. The molecule has 1 unspecified atom stereocenters. The Morgan fingerprint density at radius 3 is 2.78 bits per heavy atom. The van der Waals surface area contributed by atoms with E-state index in [4.69, 9.17) is 0 Å². The molecule has 1 atom stereocenters. The second-order valence-electron chi connectivity index (χ2n) is 4.20. The third kappa shape index (κ3) is 2.96. The summed E-state index contributed by atoms with van der Waals surface area (Å²) < 4.78 is 0. The van der Waals surface area contributed by atoms with E-state index in [2.05, 4.69) is 10.3 Å². The van der Waals surface area contributed by atoms with Crippen LogP contribution in [0.3, 0.4) is 0 Å². The number of aromatic nitrogens is 1. The van der Waals surface area contributed by atoms with Crippen LogP contribution in [0.15, 0.2) is 35.7 Å². The van der Waals surface area contributed by atoms with Gasteiger partial charge < -0.3 is 5.32 Å². The molecule has 18 heavy (non-hydrogen) atoms. The molecule has 0 saturated carbocycles. The number of nitrogens with one attached hydrogen (secondary N) is 1. The number of carbonyl (C=O) groups is 1. The average Bonchev–Trinajstić information content (AvgIpc) is 2.87. The van der Waals surface area contributed by atoms with E-state index in [9.17, 15) is 4.79 Å². The van der Waals surface area contributed by atoms with Crippen LogP contribution in [0.2, 0.25) is 0 Å². The summed E-state index contributed by atoms with van der Waals surface area (Å²) in [4.78, 5) is 16.2. The number of hydrogen-bond acceptors (Lipinski definition) is 3. The van der Waals surface area contributed by atoms with Crippen molar-refractivity contribution < 1.29 is 4.79 Å². The van der Waals surface area contributed by atoms with Gasteiger partial charge in [-0.2, -0.15) is 0 Å². The second kappa shape index (κ2) is 5.78. The van der Waals surface area contributed by atoms with E-state index in [1.54, 1.807) is 0 Å². The van der Waals surface area contributed by atoms with Crippen molar-refractivity contribution in [2.24, 2.45) is 5.92 Å².